The van der Waals surface area contributed by atoms with Crippen LogP contribution in [0.2, 0.25) is 0 Å². The van der Waals surface area contributed by atoms with E-state index in [1.54, 1.807) is 0 Å². The Morgan fingerprint density at radius 1 is 1.17 bits per heavy atom. The monoisotopic (exact) mass is 405 g/mol. The first kappa shape index (κ1) is 20.2. The van der Waals surface area contributed by atoms with Crippen LogP contribution < -0.4 is 10.9 Å². The van der Waals surface area contributed by atoms with Gasteiger partial charge in [0.25, 0.3) is 5.91 Å². The Bertz CT molecular complexity index is 1090. The van der Waals surface area contributed by atoms with Crippen molar-refractivity contribution < 1.29 is 22.4 Å². The molecule has 2 heterocycles. The van der Waals surface area contributed by atoms with Gasteiger partial charge in [-0.2, -0.15) is 13.2 Å². The zero-order valence-corrected chi connectivity index (χ0v) is 15.0. The molecule has 2 aromatic heterocycles. The Hall–Kier alpha value is -3.49. The molecule has 0 aliphatic carbocycles. The fraction of sp³-hybridized carbons (Fsp3) is 0.150. The SMILES string of the molecule is Cc1cc([C@H](NC(=O)c2ccc(=O)[nH]c2)c2ncccc2F)cc(C(F)(F)F)c1. The topological polar surface area (TPSA) is 74.8 Å². The first-order valence-corrected chi connectivity index (χ1v) is 8.44. The third kappa shape index (κ3) is 4.68. The van der Waals surface area contributed by atoms with Crippen LogP contribution in [0.3, 0.4) is 0 Å². The lowest BCUT2D eigenvalue weighted by Crippen LogP contribution is -2.31. The number of nitrogens with zero attached hydrogens (tertiary/aromatic N) is 1. The Labute approximate surface area is 162 Å². The van der Waals surface area contributed by atoms with Crippen molar-refractivity contribution in [2.45, 2.75) is 19.1 Å². The maximum atomic E-state index is 14.4. The first-order valence-electron chi connectivity index (χ1n) is 8.44. The van der Waals surface area contributed by atoms with Crippen molar-refractivity contribution in [1.29, 1.82) is 0 Å². The van der Waals surface area contributed by atoms with E-state index in [9.17, 15) is 27.2 Å². The minimum atomic E-state index is -4.61. The number of halogens is 4. The van der Waals surface area contributed by atoms with Crippen molar-refractivity contribution in [3.8, 4) is 0 Å². The number of carbonyl (C=O) groups excluding carboxylic acids is 1. The number of pyridine rings is 2. The summed E-state index contributed by atoms with van der Waals surface area (Å²) in [5.74, 6) is -1.50. The number of alkyl halides is 3. The van der Waals surface area contributed by atoms with E-state index >= 15 is 0 Å². The fourth-order valence-electron chi connectivity index (χ4n) is 2.83. The number of H-pyrrole nitrogens is 1. The summed E-state index contributed by atoms with van der Waals surface area (Å²) in [6.45, 7) is 1.47. The number of nitrogens with one attached hydrogen (secondary N) is 2. The number of hydrogen-bond acceptors (Lipinski definition) is 3. The van der Waals surface area contributed by atoms with Gasteiger partial charge in [-0.15, -0.1) is 0 Å². The predicted octanol–water partition coefficient (Wildman–Crippen LogP) is 3.76. The molecule has 0 saturated carbocycles. The third-order valence-electron chi connectivity index (χ3n) is 4.14. The summed E-state index contributed by atoms with van der Waals surface area (Å²) in [7, 11) is 0. The van der Waals surface area contributed by atoms with Crippen LogP contribution in [0.25, 0.3) is 0 Å². The normalized spacial score (nSPS) is 12.4. The highest BCUT2D eigenvalue weighted by Gasteiger charge is 2.32. The molecule has 3 aromatic rings. The second-order valence-electron chi connectivity index (χ2n) is 6.35. The highest BCUT2D eigenvalue weighted by Crippen LogP contribution is 2.33. The van der Waals surface area contributed by atoms with Crippen molar-refractivity contribution in [2.75, 3.05) is 0 Å². The average molecular weight is 405 g/mol. The van der Waals surface area contributed by atoms with Gasteiger partial charge in [0.15, 0.2) is 0 Å². The molecule has 9 heteroatoms. The van der Waals surface area contributed by atoms with Gasteiger partial charge in [-0.1, -0.05) is 11.6 Å². The summed E-state index contributed by atoms with van der Waals surface area (Å²) in [5.41, 5.74) is -1.23. The molecule has 1 amide bonds. The van der Waals surface area contributed by atoms with Crippen molar-refractivity contribution in [3.05, 3.63) is 99.0 Å². The highest BCUT2D eigenvalue weighted by atomic mass is 19.4. The molecule has 0 bridgehead atoms. The number of benzene rings is 1. The van der Waals surface area contributed by atoms with Crippen LogP contribution in [0, 0.1) is 12.7 Å². The van der Waals surface area contributed by atoms with Crippen molar-refractivity contribution in [1.82, 2.24) is 15.3 Å². The molecule has 29 heavy (non-hydrogen) atoms. The van der Waals surface area contributed by atoms with E-state index in [2.05, 4.69) is 15.3 Å². The van der Waals surface area contributed by atoms with E-state index in [0.29, 0.717) is 0 Å². The molecule has 0 radical (unpaired) electrons. The van der Waals surface area contributed by atoms with E-state index < -0.39 is 35.1 Å². The molecule has 2 N–H and O–H groups in total. The summed E-state index contributed by atoms with van der Waals surface area (Å²) in [6, 6.07) is 6.74. The molecule has 0 aliphatic heterocycles. The van der Waals surface area contributed by atoms with Gasteiger partial charge in [0, 0.05) is 18.5 Å². The number of rotatable bonds is 4. The molecule has 1 atom stereocenters. The second kappa shape index (κ2) is 7.86. The summed E-state index contributed by atoms with van der Waals surface area (Å²) in [4.78, 5) is 30.0. The Balaban J connectivity index is 2.08. The average Bonchev–Trinajstić information content (AvgIpc) is 2.66. The third-order valence-corrected chi connectivity index (χ3v) is 4.14. The number of amides is 1. The van der Waals surface area contributed by atoms with E-state index in [1.165, 1.54) is 31.3 Å². The molecule has 1 aromatic carbocycles. The first-order chi connectivity index (χ1) is 13.6. The summed E-state index contributed by atoms with van der Waals surface area (Å²) in [6.07, 6.45) is -2.18. The molecule has 0 aliphatic rings. The Kier molecular flexibility index (Phi) is 5.49. The van der Waals surface area contributed by atoms with Crippen LogP contribution in [-0.2, 0) is 6.18 Å². The minimum Gasteiger partial charge on any atom is -0.339 e. The number of hydrogen-bond donors (Lipinski definition) is 2. The van der Waals surface area contributed by atoms with Crippen LogP contribution in [0.1, 0.15) is 38.8 Å². The van der Waals surface area contributed by atoms with Gasteiger partial charge in [0.1, 0.15) is 11.5 Å². The number of carbonyl (C=O) groups is 1. The molecule has 0 spiro atoms. The van der Waals surface area contributed by atoms with Gasteiger partial charge < -0.3 is 10.3 Å². The van der Waals surface area contributed by atoms with E-state index in [-0.39, 0.29) is 22.4 Å². The van der Waals surface area contributed by atoms with Gasteiger partial charge in [0.05, 0.1) is 17.2 Å². The molecule has 150 valence electrons. The van der Waals surface area contributed by atoms with Gasteiger partial charge in [-0.05, 0) is 42.8 Å². The quantitative estimate of drug-likeness (QED) is 0.649. The van der Waals surface area contributed by atoms with Gasteiger partial charge in [-0.3, -0.25) is 14.6 Å². The summed E-state index contributed by atoms with van der Waals surface area (Å²) >= 11 is 0. The number of aryl methyl sites for hydroxylation is 1. The highest BCUT2D eigenvalue weighted by molar-refractivity contribution is 5.94. The van der Waals surface area contributed by atoms with Crippen LogP contribution in [0.5, 0.6) is 0 Å². The molecular weight excluding hydrogens is 390 g/mol. The zero-order chi connectivity index (χ0) is 21.2. The molecule has 0 saturated heterocycles. The van der Waals surface area contributed by atoms with Crippen molar-refractivity contribution in [3.63, 3.8) is 0 Å². The molecule has 3 rings (SSSR count). The van der Waals surface area contributed by atoms with Crippen molar-refractivity contribution in [2.24, 2.45) is 0 Å². The molecule has 0 unspecified atom stereocenters. The number of aromatic amines is 1. The van der Waals surface area contributed by atoms with Crippen molar-refractivity contribution >= 4 is 5.91 Å². The van der Waals surface area contributed by atoms with E-state index in [0.717, 1.165) is 30.5 Å². The predicted molar refractivity (Wildman–Crippen MR) is 96.7 cm³/mol. The Morgan fingerprint density at radius 3 is 2.55 bits per heavy atom. The largest absolute Gasteiger partial charge is 0.416 e. The lowest BCUT2D eigenvalue weighted by Gasteiger charge is -2.21. The smallest absolute Gasteiger partial charge is 0.339 e. The van der Waals surface area contributed by atoms with Gasteiger partial charge >= 0.3 is 6.18 Å². The fourth-order valence-corrected chi connectivity index (χ4v) is 2.83. The van der Waals surface area contributed by atoms with Crippen LogP contribution in [0.4, 0.5) is 17.6 Å². The van der Waals surface area contributed by atoms with Crippen LogP contribution in [0.15, 0.2) is 59.7 Å². The zero-order valence-electron chi connectivity index (χ0n) is 15.0. The lowest BCUT2D eigenvalue weighted by atomic mass is 9.97. The lowest BCUT2D eigenvalue weighted by molar-refractivity contribution is -0.137. The summed E-state index contributed by atoms with van der Waals surface area (Å²) in [5, 5.41) is 2.50. The van der Waals surface area contributed by atoms with Gasteiger partial charge in [-0.25, -0.2) is 4.39 Å². The van der Waals surface area contributed by atoms with Gasteiger partial charge in [0.2, 0.25) is 5.56 Å². The van der Waals surface area contributed by atoms with Crippen LogP contribution >= 0.6 is 0 Å². The standard InChI is InChI=1S/C20H15F4N3O2/c1-11-7-13(9-14(8-11)20(22,23)24)17(18-15(21)3-2-6-25-18)27-19(29)12-4-5-16(28)26-10-12/h2-10,17H,1H3,(H,26,28)(H,27,29)/t17-/m0/s1. The van der Waals surface area contributed by atoms with E-state index in [1.807, 2.05) is 0 Å². The number of aromatic nitrogens is 2. The maximum Gasteiger partial charge on any atom is 0.416 e. The minimum absolute atomic E-state index is 0.0210. The van der Waals surface area contributed by atoms with E-state index in [4.69, 9.17) is 0 Å². The molecule has 5 nitrogen and oxygen atoms in total. The molecular formula is C20H15F4N3O2. The Morgan fingerprint density at radius 2 is 1.93 bits per heavy atom. The second-order valence-corrected chi connectivity index (χ2v) is 6.35. The maximum absolute atomic E-state index is 14.4. The molecule has 0 fully saturated rings. The van der Waals surface area contributed by atoms with Crippen LogP contribution in [-0.4, -0.2) is 15.9 Å². The summed E-state index contributed by atoms with van der Waals surface area (Å²) < 4.78 is 54.1.